The van der Waals surface area contributed by atoms with Gasteiger partial charge in [0.25, 0.3) is 0 Å². The summed E-state index contributed by atoms with van der Waals surface area (Å²) in [5, 5.41) is 110. The molecule has 76 heavy (non-hydrogen) atoms. The third kappa shape index (κ3) is 12.1. The van der Waals surface area contributed by atoms with Crippen LogP contribution in [0.5, 0.6) is 17.2 Å². The van der Waals surface area contributed by atoms with Gasteiger partial charge < -0.3 is 108 Å². The Morgan fingerprint density at radius 2 is 1.13 bits per heavy atom. The third-order valence-electron chi connectivity index (χ3n) is 15.7. The molecule has 0 bridgehead atoms. The topological polar surface area (TPSA) is 347 Å². The van der Waals surface area contributed by atoms with E-state index in [1.807, 2.05) is 0 Å². The summed E-state index contributed by atoms with van der Waals surface area (Å²) >= 11 is 0. The molecule has 1 aliphatic carbocycles. The van der Waals surface area contributed by atoms with Crippen molar-refractivity contribution in [2.45, 2.75) is 234 Å². The molecule has 21 unspecified atom stereocenters. The van der Waals surface area contributed by atoms with Gasteiger partial charge in [-0.1, -0.05) is 0 Å². The molecule has 5 saturated heterocycles. The molecular weight excluding hydrogens is 1010 g/mol. The van der Waals surface area contributed by atoms with Gasteiger partial charge in [0, 0.05) is 57.8 Å². The van der Waals surface area contributed by atoms with Gasteiger partial charge in [-0.15, -0.1) is 0 Å². The van der Waals surface area contributed by atoms with Crippen LogP contribution in [0.2, 0.25) is 0 Å². The van der Waals surface area contributed by atoms with Crippen molar-refractivity contribution in [3.63, 3.8) is 0 Å². The van der Waals surface area contributed by atoms with Gasteiger partial charge in [0.2, 0.25) is 6.29 Å². The van der Waals surface area contributed by atoms with Gasteiger partial charge in [-0.3, -0.25) is 9.59 Å². The summed E-state index contributed by atoms with van der Waals surface area (Å²) in [5.41, 5.74) is 0.0890. The Hall–Kier alpha value is -3.32. The molecule has 5 heterocycles. The maximum atomic E-state index is 15.0. The molecule has 0 saturated carbocycles. The van der Waals surface area contributed by atoms with Gasteiger partial charge in [-0.2, -0.15) is 0 Å². The molecule has 5 fully saturated rings. The Labute approximate surface area is 439 Å². The lowest BCUT2D eigenvalue weighted by Crippen LogP contribution is -2.57. The maximum absolute atomic E-state index is 15.0. The number of aliphatic hydroxyl groups excluding tert-OH is 8. The molecule has 0 amide bonds. The number of aliphatic hydroxyl groups is 8. The van der Waals surface area contributed by atoms with E-state index in [4.69, 9.17) is 56.8 Å². The number of fused-ring (bicyclic) bond motifs is 2. The minimum atomic E-state index is -1.94. The Morgan fingerprint density at radius 1 is 0.632 bits per heavy atom. The zero-order valence-electron chi connectivity index (χ0n) is 44.0. The van der Waals surface area contributed by atoms with E-state index in [9.17, 15) is 60.7 Å². The van der Waals surface area contributed by atoms with E-state index >= 15 is 0 Å². The smallest absolute Gasteiger partial charge is 0.202 e. The zero-order valence-corrected chi connectivity index (χ0v) is 44.0. The number of methoxy groups -OCH3 is 2. The normalized spacial score (nSPS) is 41.5. The van der Waals surface area contributed by atoms with Crippen LogP contribution in [0.1, 0.15) is 95.1 Å². The van der Waals surface area contributed by atoms with Gasteiger partial charge in [-0.05, 0) is 78.0 Å². The number of carbonyl (C=O) groups is 2. The zero-order chi connectivity index (χ0) is 55.3. The minimum Gasteiger partial charge on any atom is -0.507 e. The fourth-order valence-corrected chi connectivity index (χ4v) is 11.4. The fourth-order valence-electron chi connectivity index (χ4n) is 11.4. The van der Waals surface area contributed by atoms with Crippen LogP contribution < -0.4 is 4.74 Å². The number of rotatable bonds is 16. The number of aromatic hydroxyl groups is 2. The fraction of sp³-hybridized carbons (Fsp3) is 0.769. The first-order valence-electron chi connectivity index (χ1n) is 26.1. The van der Waals surface area contributed by atoms with Crippen LogP contribution in [0.15, 0.2) is 12.1 Å². The molecule has 25 atom stereocenters. The van der Waals surface area contributed by atoms with Crippen molar-refractivity contribution in [1.82, 2.24) is 0 Å². The Balaban J connectivity index is 1.02. The number of ether oxygens (including phenoxy) is 12. The highest BCUT2D eigenvalue weighted by Crippen LogP contribution is 2.47. The molecule has 428 valence electrons. The van der Waals surface area contributed by atoms with Gasteiger partial charge in [0.05, 0.1) is 78.1 Å². The lowest BCUT2D eigenvalue weighted by Gasteiger charge is -2.45. The Morgan fingerprint density at radius 3 is 1.67 bits per heavy atom. The largest absolute Gasteiger partial charge is 0.507 e. The predicted molar refractivity (Wildman–Crippen MR) is 259 cm³/mol. The van der Waals surface area contributed by atoms with Crippen molar-refractivity contribution < 1.29 is 117 Å². The van der Waals surface area contributed by atoms with E-state index in [0.717, 1.165) is 0 Å². The summed E-state index contributed by atoms with van der Waals surface area (Å²) in [4.78, 5) is 28.9. The van der Waals surface area contributed by atoms with Gasteiger partial charge in [0.15, 0.2) is 36.7 Å². The monoisotopic (exact) mass is 1080 g/mol. The van der Waals surface area contributed by atoms with Crippen LogP contribution in [0.25, 0.3) is 10.8 Å². The molecule has 10 N–H and O–H groups in total. The molecule has 6 aliphatic rings. The molecule has 0 radical (unpaired) electrons. The SMILES string of the molecule is COC1C(O)CC(OC2C(O)CC(OC3CC(OC4C(=O)c5c(cc6cc(OC7CC(OC8CC(O)C(O)C(C)O8)C(O)C(C)O7)c(C)c(O)c6c5O)C[C@@H]4[C@H](OC)C(=O)[C@H](O)[C@H](C)O)OC(C)C3O)OC2C)OC1C. The van der Waals surface area contributed by atoms with Crippen molar-refractivity contribution in [3.8, 4) is 17.2 Å². The Kier molecular flexibility index (Phi) is 18.7. The van der Waals surface area contributed by atoms with Crippen LogP contribution in [0, 0.1) is 12.8 Å². The molecule has 24 heteroatoms. The van der Waals surface area contributed by atoms with E-state index in [0.29, 0.717) is 0 Å². The highest BCUT2D eigenvalue weighted by Gasteiger charge is 2.51. The number of carbonyl (C=O) groups excluding carboxylic acids is 2. The summed E-state index contributed by atoms with van der Waals surface area (Å²) < 4.78 is 72.0. The molecule has 2 aromatic rings. The van der Waals surface area contributed by atoms with E-state index in [-0.39, 0.29) is 71.7 Å². The Bertz CT molecular complexity index is 2300. The van der Waals surface area contributed by atoms with Crippen molar-refractivity contribution in [2.24, 2.45) is 5.92 Å². The standard InChI is InChI=1S/C52H76O24/c1-18-31(72-37-16-32(44(60)21(4)68-37)73-34-13-28(54)43(59)20(3)67-34)12-26-10-25-11-27(51(66-9)48(64)42(58)19(2)53)52(47(63)40(25)46(62)39(26)41(18)57)76-38-17-33(45(61)22(5)69-38)74-35-15-30(56)50(24(7)71-35)75-36-14-29(55)49(65-8)23(6)70-36/h10,12,19-24,27-30,32-38,42-45,49-62H,11,13-17H2,1-9H3/t19-,20?,21?,22?,23?,24?,27+,28?,29?,30?,32?,33?,34?,35?,36?,37?,38?,42+,43?,44?,45?,49?,50?,51-,52?/m0/s1. The summed E-state index contributed by atoms with van der Waals surface area (Å²) in [6.45, 7) is 10.9. The van der Waals surface area contributed by atoms with E-state index in [2.05, 4.69) is 0 Å². The maximum Gasteiger partial charge on any atom is 0.202 e. The lowest BCUT2D eigenvalue weighted by molar-refractivity contribution is -0.332. The second kappa shape index (κ2) is 24.2. The van der Waals surface area contributed by atoms with Crippen molar-refractivity contribution in [1.29, 1.82) is 0 Å². The second-order valence-corrected chi connectivity index (χ2v) is 21.2. The second-order valence-electron chi connectivity index (χ2n) is 21.2. The highest BCUT2D eigenvalue weighted by atomic mass is 16.7. The minimum absolute atomic E-state index is 0.0319. The molecule has 0 spiro atoms. The lowest BCUT2D eigenvalue weighted by atomic mass is 9.75. The highest BCUT2D eigenvalue weighted by molar-refractivity contribution is 6.11. The van der Waals surface area contributed by atoms with Crippen molar-refractivity contribution in [2.75, 3.05) is 14.2 Å². The van der Waals surface area contributed by atoms with Crippen LogP contribution in [-0.2, 0) is 63.3 Å². The first kappa shape index (κ1) is 58.8. The molecule has 2 aromatic carbocycles. The predicted octanol–water partition coefficient (Wildman–Crippen LogP) is 0.0147. The van der Waals surface area contributed by atoms with E-state index in [1.165, 1.54) is 40.2 Å². The molecule has 24 nitrogen and oxygen atoms in total. The van der Waals surface area contributed by atoms with Crippen LogP contribution in [0.3, 0.4) is 0 Å². The first-order valence-corrected chi connectivity index (χ1v) is 26.1. The number of hydrogen-bond donors (Lipinski definition) is 10. The van der Waals surface area contributed by atoms with Crippen LogP contribution in [-0.4, -0.2) is 224 Å². The van der Waals surface area contributed by atoms with Crippen LogP contribution >= 0.6 is 0 Å². The summed E-state index contributed by atoms with van der Waals surface area (Å²) in [7, 11) is 2.66. The first-order chi connectivity index (χ1) is 35.9. The number of hydrogen-bond acceptors (Lipinski definition) is 24. The quantitative estimate of drug-likeness (QED) is 0.106. The average Bonchev–Trinajstić information content (AvgIpc) is 3.36. The summed E-state index contributed by atoms with van der Waals surface area (Å²) in [5.74, 6) is -4.02. The number of phenolic OH excluding ortho intramolecular Hbond substituents is 2. The van der Waals surface area contributed by atoms with E-state index in [1.54, 1.807) is 34.6 Å². The number of phenols is 2. The average molecular weight is 1090 g/mol. The van der Waals surface area contributed by atoms with Gasteiger partial charge >= 0.3 is 0 Å². The molecule has 8 rings (SSSR count). The third-order valence-corrected chi connectivity index (χ3v) is 15.7. The molecule has 0 aromatic heterocycles. The molecular formula is C52H76O24. The summed E-state index contributed by atoms with van der Waals surface area (Å²) in [6.07, 6.45) is -26.3. The van der Waals surface area contributed by atoms with Crippen molar-refractivity contribution in [3.05, 3.63) is 28.8 Å². The van der Waals surface area contributed by atoms with Gasteiger partial charge in [0.1, 0.15) is 66.1 Å². The van der Waals surface area contributed by atoms with Crippen molar-refractivity contribution >= 4 is 22.3 Å². The van der Waals surface area contributed by atoms with E-state index < -0.39 is 176 Å². The number of Topliss-reactive ketones (excluding diaryl/α,β-unsaturated/α-hetero) is 2. The number of benzene rings is 2. The van der Waals surface area contributed by atoms with Gasteiger partial charge in [-0.25, -0.2) is 0 Å². The summed E-state index contributed by atoms with van der Waals surface area (Å²) in [6, 6.07) is 3.04. The van der Waals surface area contributed by atoms with Crippen LogP contribution in [0.4, 0.5) is 0 Å². The molecule has 5 aliphatic heterocycles. The number of ketones is 2.